The van der Waals surface area contributed by atoms with E-state index >= 15 is 0 Å². The van der Waals surface area contributed by atoms with Crippen molar-refractivity contribution in [3.8, 4) is 0 Å². The van der Waals surface area contributed by atoms with Gasteiger partial charge in [0.25, 0.3) is 11.8 Å². The number of hydrogen-bond donors (Lipinski definition) is 4. The molecule has 4 rings (SSSR count). The van der Waals surface area contributed by atoms with Gasteiger partial charge in [-0.15, -0.1) is 11.3 Å². The number of benzene rings is 1. The molecule has 10 nitrogen and oxygen atoms in total. The second-order valence-electron chi connectivity index (χ2n) is 6.82. The van der Waals surface area contributed by atoms with E-state index in [4.69, 9.17) is 5.11 Å². The van der Waals surface area contributed by atoms with Gasteiger partial charge in [0.1, 0.15) is 5.00 Å². The summed E-state index contributed by atoms with van der Waals surface area (Å²) in [5.74, 6) is -5.15. The highest BCUT2D eigenvalue weighted by atomic mass is 32.1. The Labute approximate surface area is 173 Å². The van der Waals surface area contributed by atoms with E-state index in [0.717, 1.165) is 16.2 Å². The van der Waals surface area contributed by atoms with E-state index in [1.165, 1.54) is 0 Å². The molecule has 1 atom stereocenters. The van der Waals surface area contributed by atoms with Crippen LogP contribution in [0.5, 0.6) is 0 Å². The van der Waals surface area contributed by atoms with Crippen LogP contribution in [-0.2, 0) is 22.6 Å². The number of nitrogens with zero attached hydrogens (tertiary/aromatic N) is 1. The highest BCUT2D eigenvalue weighted by Crippen LogP contribution is 2.37. The molecule has 0 fully saturated rings. The molecule has 3 heterocycles. The molecule has 0 aliphatic carbocycles. The Hall–Kier alpha value is -3.57. The van der Waals surface area contributed by atoms with E-state index in [1.54, 1.807) is 24.3 Å². The van der Waals surface area contributed by atoms with Crippen molar-refractivity contribution in [2.24, 2.45) is 0 Å². The van der Waals surface area contributed by atoms with E-state index in [2.05, 4.69) is 10.6 Å². The monoisotopic (exact) mass is 429 g/mol. The first-order valence-electron chi connectivity index (χ1n) is 8.88. The number of rotatable bonds is 4. The minimum absolute atomic E-state index is 0.0527. The normalized spacial score (nSPS) is 17.5. The number of amides is 3. The molecule has 2 aromatic rings. The summed E-state index contributed by atoms with van der Waals surface area (Å²) in [5.41, 5.74) is 0.950. The Morgan fingerprint density at radius 1 is 1.13 bits per heavy atom. The second kappa shape index (κ2) is 7.35. The number of nitrogens with one attached hydrogen (secondary N) is 2. The van der Waals surface area contributed by atoms with E-state index in [0.29, 0.717) is 21.6 Å². The lowest BCUT2D eigenvalue weighted by molar-refractivity contribution is -0.147. The van der Waals surface area contributed by atoms with E-state index < -0.39 is 35.7 Å². The Morgan fingerprint density at radius 2 is 1.77 bits per heavy atom. The number of carboxylic acid groups (broad SMARTS) is 2. The summed E-state index contributed by atoms with van der Waals surface area (Å²) >= 11 is 0.986. The lowest BCUT2D eigenvalue weighted by Gasteiger charge is -2.27. The van der Waals surface area contributed by atoms with Crippen molar-refractivity contribution in [2.75, 3.05) is 11.9 Å². The molecule has 0 spiro atoms. The summed E-state index contributed by atoms with van der Waals surface area (Å²) in [6.45, 7) is 0.314. The first kappa shape index (κ1) is 19.7. The predicted molar refractivity (Wildman–Crippen MR) is 104 cm³/mol. The second-order valence-corrected chi connectivity index (χ2v) is 7.93. The number of carbonyl (C=O) groups excluding carboxylic acids is 3. The van der Waals surface area contributed by atoms with Gasteiger partial charge in [0.2, 0.25) is 0 Å². The average molecular weight is 429 g/mol. The fourth-order valence-corrected chi connectivity index (χ4v) is 4.82. The number of carbonyl (C=O) groups is 5. The summed E-state index contributed by atoms with van der Waals surface area (Å²) in [7, 11) is 0. The lowest BCUT2D eigenvalue weighted by Crippen LogP contribution is -2.46. The van der Waals surface area contributed by atoms with Crippen molar-refractivity contribution in [3.05, 3.63) is 51.4 Å². The Balaban J connectivity index is 1.57. The molecule has 1 aromatic heterocycles. The summed E-state index contributed by atoms with van der Waals surface area (Å²) in [6.07, 6.45) is 0.198. The van der Waals surface area contributed by atoms with Crippen molar-refractivity contribution >= 4 is 46.0 Å². The largest absolute Gasteiger partial charge is 0.478 e. The van der Waals surface area contributed by atoms with Crippen LogP contribution in [0.1, 0.15) is 41.5 Å². The number of thiophene rings is 1. The van der Waals surface area contributed by atoms with Crippen LogP contribution in [0.2, 0.25) is 0 Å². The fraction of sp³-hybridized carbons (Fsp3) is 0.211. The van der Waals surface area contributed by atoms with Gasteiger partial charge in [-0.25, -0.2) is 9.59 Å². The van der Waals surface area contributed by atoms with Gasteiger partial charge in [-0.2, -0.15) is 0 Å². The van der Waals surface area contributed by atoms with Gasteiger partial charge in [-0.3, -0.25) is 19.3 Å². The first-order valence-corrected chi connectivity index (χ1v) is 9.70. The molecule has 154 valence electrons. The third kappa shape index (κ3) is 3.23. The molecule has 0 radical (unpaired) electrons. The van der Waals surface area contributed by atoms with Crippen LogP contribution in [0.25, 0.3) is 0 Å². The maximum Gasteiger partial charge on any atom is 0.394 e. The van der Waals surface area contributed by atoms with Crippen molar-refractivity contribution < 1.29 is 34.2 Å². The molecule has 2 aliphatic heterocycles. The quantitative estimate of drug-likeness (QED) is 0.411. The summed E-state index contributed by atoms with van der Waals surface area (Å²) < 4.78 is 0. The molecule has 30 heavy (non-hydrogen) atoms. The van der Waals surface area contributed by atoms with Gasteiger partial charge in [0.15, 0.2) is 0 Å². The third-order valence-electron chi connectivity index (χ3n) is 5.01. The van der Waals surface area contributed by atoms with Gasteiger partial charge < -0.3 is 20.8 Å². The van der Waals surface area contributed by atoms with Gasteiger partial charge >= 0.3 is 17.8 Å². The fourth-order valence-electron chi connectivity index (χ4n) is 3.65. The Kier molecular flexibility index (Phi) is 4.84. The summed E-state index contributed by atoms with van der Waals surface area (Å²) in [6, 6.07) is 6.13. The number of aliphatic carboxylic acids is 1. The van der Waals surface area contributed by atoms with Gasteiger partial charge in [0.05, 0.1) is 16.7 Å². The molecule has 3 amide bonds. The van der Waals surface area contributed by atoms with Gasteiger partial charge in [0, 0.05) is 24.0 Å². The van der Waals surface area contributed by atoms with Crippen LogP contribution >= 0.6 is 11.3 Å². The highest BCUT2D eigenvalue weighted by Gasteiger charge is 2.38. The van der Waals surface area contributed by atoms with Crippen molar-refractivity contribution in [3.63, 3.8) is 0 Å². The molecule has 0 unspecified atom stereocenters. The molecule has 0 bridgehead atoms. The summed E-state index contributed by atoms with van der Waals surface area (Å²) in [4.78, 5) is 61.0. The number of carboxylic acids is 2. The predicted octanol–water partition coefficient (Wildman–Crippen LogP) is 0.780. The van der Waals surface area contributed by atoms with Crippen molar-refractivity contribution in [1.29, 1.82) is 0 Å². The van der Waals surface area contributed by atoms with Crippen LogP contribution in [-0.4, -0.2) is 57.4 Å². The minimum Gasteiger partial charge on any atom is -0.478 e. The summed E-state index contributed by atoms with van der Waals surface area (Å²) in [5, 5.41) is 23.6. The van der Waals surface area contributed by atoms with Crippen LogP contribution in [0.4, 0.5) is 5.00 Å². The minimum atomic E-state index is -1.72. The zero-order valence-electron chi connectivity index (χ0n) is 15.3. The van der Waals surface area contributed by atoms with Crippen LogP contribution in [0.3, 0.4) is 0 Å². The highest BCUT2D eigenvalue weighted by molar-refractivity contribution is 7.17. The average Bonchev–Trinajstić information content (AvgIpc) is 3.18. The molecule has 1 aromatic carbocycles. The molecular formula is C19H15N3O7S. The first-order chi connectivity index (χ1) is 14.3. The van der Waals surface area contributed by atoms with E-state index in [1.807, 2.05) is 0 Å². The maximum absolute atomic E-state index is 12.6. The topological polar surface area (TPSA) is 153 Å². The van der Waals surface area contributed by atoms with Gasteiger partial charge in [-0.05, 0) is 24.1 Å². The van der Waals surface area contributed by atoms with E-state index in [-0.39, 0.29) is 30.1 Å². The SMILES string of the molecule is O=C(O)C(=O)Nc1sc2c(c1C(=O)O)C[C@@H](CN1C(=O)c3ccccc3C1=O)NC2. The number of aromatic carboxylic acids is 1. The molecular weight excluding hydrogens is 414 g/mol. The Morgan fingerprint density at radius 3 is 2.33 bits per heavy atom. The van der Waals surface area contributed by atoms with Crippen LogP contribution < -0.4 is 10.6 Å². The lowest BCUT2D eigenvalue weighted by atomic mass is 9.97. The standard InChI is InChI=1S/C19H15N3O7S/c23-14(19(28)29)21-15-13(18(26)27)11-5-8(20-6-12(11)30-15)7-22-16(24)9-3-1-2-4-10(9)17(22)25/h1-4,8,20H,5-7H2,(H,21,23)(H,26,27)(H,28,29)/t8-/m0/s1. The number of imide groups is 1. The maximum atomic E-state index is 12.6. The zero-order chi connectivity index (χ0) is 21.6. The van der Waals surface area contributed by atoms with Crippen LogP contribution in [0.15, 0.2) is 24.3 Å². The van der Waals surface area contributed by atoms with Crippen molar-refractivity contribution in [2.45, 2.75) is 19.0 Å². The van der Waals surface area contributed by atoms with Crippen molar-refractivity contribution in [1.82, 2.24) is 10.2 Å². The third-order valence-corrected chi connectivity index (χ3v) is 6.16. The molecule has 0 saturated carbocycles. The Bertz CT molecular complexity index is 1090. The zero-order valence-corrected chi connectivity index (χ0v) is 16.1. The molecule has 2 aliphatic rings. The van der Waals surface area contributed by atoms with E-state index in [9.17, 15) is 29.1 Å². The smallest absolute Gasteiger partial charge is 0.394 e. The molecule has 4 N–H and O–H groups in total. The molecule has 0 saturated heterocycles. The van der Waals surface area contributed by atoms with Gasteiger partial charge in [-0.1, -0.05) is 12.1 Å². The number of hydrogen-bond acceptors (Lipinski definition) is 7. The number of fused-ring (bicyclic) bond motifs is 2. The number of anilines is 1. The molecule has 11 heteroatoms. The van der Waals surface area contributed by atoms with Crippen LogP contribution in [0, 0.1) is 0 Å².